The van der Waals surface area contributed by atoms with Crippen molar-refractivity contribution in [3.05, 3.63) is 64.1 Å². The van der Waals surface area contributed by atoms with E-state index in [9.17, 15) is 18.0 Å². The third-order valence-corrected chi connectivity index (χ3v) is 6.97. The van der Waals surface area contributed by atoms with Gasteiger partial charge in [0.1, 0.15) is 12.6 Å². The number of nitrogens with zero attached hydrogens (tertiary/aromatic N) is 2. The number of hydrogen-bond donors (Lipinski definition) is 1. The number of amides is 2. The van der Waals surface area contributed by atoms with E-state index in [1.807, 2.05) is 64.1 Å². The average Bonchev–Trinajstić information content (AvgIpc) is 2.74. The molecule has 0 unspecified atom stereocenters. The highest BCUT2D eigenvalue weighted by atomic mass is 79.9. The SMILES string of the molecule is CC(C)NC(=O)[C@@H](C)N(Cc1cccc(Br)c1)C(=O)CN(c1ccccc1C(C)C)S(C)(=O)=O. The van der Waals surface area contributed by atoms with Crippen molar-refractivity contribution in [2.24, 2.45) is 0 Å². The molecule has 34 heavy (non-hydrogen) atoms. The molecular formula is C25H34BrN3O4S. The molecule has 0 aromatic heterocycles. The molecular weight excluding hydrogens is 518 g/mol. The van der Waals surface area contributed by atoms with Gasteiger partial charge in [0.15, 0.2) is 0 Å². The topological polar surface area (TPSA) is 86.8 Å². The van der Waals surface area contributed by atoms with E-state index >= 15 is 0 Å². The zero-order chi connectivity index (χ0) is 25.6. The molecule has 0 heterocycles. The molecule has 2 amide bonds. The van der Waals surface area contributed by atoms with Crippen molar-refractivity contribution >= 4 is 43.5 Å². The molecule has 0 saturated heterocycles. The summed E-state index contributed by atoms with van der Waals surface area (Å²) in [6.45, 7) is 9.04. The normalized spacial score (nSPS) is 12.5. The first-order chi connectivity index (χ1) is 15.8. The minimum atomic E-state index is -3.77. The van der Waals surface area contributed by atoms with Gasteiger partial charge in [-0.25, -0.2) is 8.42 Å². The molecule has 0 bridgehead atoms. The number of sulfonamides is 1. The van der Waals surface area contributed by atoms with Gasteiger partial charge in [0.05, 0.1) is 11.9 Å². The molecule has 186 valence electrons. The summed E-state index contributed by atoms with van der Waals surface area (Å²) >= 11 is 3.44. The van der Waals surface area contributed by atoms with Gasteiger partial charge >= 0.3 is 0 Å². The van der Waals surface area contributed by atoms with E-state index in [1.54, 1.807) is 19.1 Å². The molecule has 7 nitrogen and oxygen atoms in total. The van der Waals surface area contributed by atoms with E-state index in [2.05, 4.69) is 21.2 Å². The van der Waals surface area contributed by atoms with E-state index in [4.69, 9.17) is 0 Å². The highest BCUT2D eigenvalue weighted by Crippen LogP contribution is 2.29. The van der Waals surface area contributed by atoms with E-state index in [0.29, 0.717) is 5.69 Å². The van der Waals surface area contributed by atoms with Crippen molar-refractivity contribution in [2.45, 2.75) is 59.2 Å². The second-order valence-corrected chi connectivity index (χ2v) is 11.8. The largest absolute Gasteiger partial charge is 0.352 e. The first-order valence-electron chi connectivity index (χ1n) is 11.2. The Kier molecular flexibility index (Phi) is 9.70. The number of benzene rings is 2. The highest BCUT2D eigenvalue weighted by Gasteiger charge is 2.31. The molecule has 0 fully saturated rings. The van der Waals surface area contributed by atoms with Crippen molar-refractivity contribution in [3.63, 3.8) is 0 Å². The Morgan fingerprint density at radius 3 is 2.21 bits per heavy atom. The summed E-state index contributed by atoms with van der Waals surface area (Å²) in [6, 6.07) is 13.7. The molecule has 2 aromatic carbocycles. The van der Waals surface area contributed by atoms with Crippen LogP contribution in [0.25, 0.3) is 0 Å². The monoisotopic (exact) mass is 551 g/mol. The zero-order valence-electron chi connectivity index (χ0n) is 20.6. The highest BCUT2D eigenvalue weighted by molar-refractivity contribution is 9.10. The van der Waals surface area contributed by atoms with Crippen molar-refractivity contribution in [1.29, 1.82) is 0 Å². The Morgan fingerprint density at radius 2 is 1.65 bits per heavy atom. The van der Waals surface area contributed by atoms with Crippen LogP contribution < -0.4 is 9.62 Å². The molecule has 0 saturated carbocycles. The minimum absolute atomic E-state index is 0.0593. The van der Waals surface area contributed by atoms with Crippen LogP contribution in [-0.2, 0) is 26.2 Å². The maximum atomic E-state index is 13.6. The molecule has 0 aliphatic rings. The van der Waals surface area contributed by atoms with E-state index in [1.165, 1.54) is 4.90 Å². The molecule has 2 aromatic rings. The van der Waals surface area contributed by atoms with Gasteiger partial charge in [-0.2, -0.15) is 0 Å². The quantitative estimate of drug-likeness (QED) is 0.477. The Bertz CT molecular complexity index is 1120. The maximum absolute atomic E-state index is 13.6. The minimum Gasteiger partial charge on any atom is -0.352 e. The molecule has 0 aliphatic heterocycles. The van der Waals surface area contributed by atoms with Crippen LogP contribution in [0, 0.1) is 0 Å². The molecule has 1 N–H and O–H groups in total. The van der Waals surface area contributed by atoms with Crippen LogP contribution in [0.15, 0.2) is 53.0 Å². The van der Waals surface area contributed by atoms with Crippen LogP contribution in [0.1, 0.15) is 51.7 Å². The van der Waals surface area contributed by atoms with Gasteiger partial charge < -0.3 is 10.2 Å². The predicted molar refractivity (Wildman–Crippen MR) is 140 cm³/mol. The zero-order valence-corrected chi connectivity index (χ0v) is 23.0. The third-order valence-electron chi connectivity index (χ3n) is 5.35. The lowest BCUT2D eigenvalue weighted by molar-refractivity contribution is -0.139. The fourth-order valence-electron chi connectivity index (χ4n) is 3.62. The molecule has 2 rings (SSSR count). The second kappa shape index (κ2) is 11.8. The van der Waals surface area contributed by atoms with Crippen molar-refractivity contribution in [2.75, 3.05) is 17.1 Å². The number of para-hydroxylation sites is 1. The maximum Gasteiger partial charge on any atom is 0.244 e. The van der Waals surface area contributed by atoms with Gasteiger partial charge in [-0.15, -0.1) is 0 Å². The summed E-state index contributed by atoms with van der Waals surface area (Å²) in [7, 11) is -3.77. The number of rotatable bonds is 10. The Balaban J connectivity index is 2.46. The van der Waals surface area contributed by atoms with Crippen LogP contribution in [0.4, 0.5) is 5.69 Å². The van der Waals surface area contributed by atoms with Crippen molar-refractivity contribution < 1.29 is 18.0 Å². The fourth-order valence-corrected chi connectivity index (χ4v) is 4.93. The Morgan fingerprint density at radius 1 is 1.00 bits per heavy atom. The first kappa shape index (κ1) is 27.9. The van der Waals surface area contributed by atoms with Crippen LogP contribution in [0.5, 0.6) is 0 Å². The van der Waals surface area contributed by atoms with E-state index in [0.717, 1.165) is 26.2 Å². The molecule has 0 radical (unpaired) electrons. The lowest BCUT2D eigenvalue weighted by Crippen LogP contribution is -2.52. The van der Waals surface area contributed by atoms with Crippen LogP contribution in [0.2, 0.25) is 0 Å². The average molecular weight is 553 g/mol. The smallest absolute Gasteiger partial charge is 0.244 e. The fraction of sp³-hybridized carbons (Fsp3) is 0.440. The van der Waals surface area contributed by atoms with Crippen molar-refractivity contribution in [1.82, 2.24) is 10.2 Å². The van der Waals surface area contributed by atoms with E-state index < -0.39 is 28.5 Å². The molecule has 1 atom stereocenters. The Labute approximate surface area is 211 Å². The summed E-state index contributed by atoms with van der Waals surface area (Å²) < 4.78 is 27.6. The van der Waals surface area contributed by atoms with Gasteiger partial charge in [-0.05, 0) is 56.0 Å². The molecule has 0 spiro atoms. The summed E-state index contributed by atoms with van der Waals surface area (Å²) in [6.07, 6.45) is 1.09. The van der Waals surface area contributed by atoms with Gasteiger partial charge in [-0.1, -0.05) is 60.1 Å². The Hall–Kier alpha value is -2.39. The second-order valence-electron chi connectivity index (χ2n) is 8.97. The summed E-state index contributed by atoms with van der Waals surface area (Å²) in [5.74, 6) is -0.703. The van der Waals surface area contributed by atoms with Gasteiger partial charge in [0.25, 0.3) is 0 Å². The first-order valence-corrected chi connectivity index (χ1v) is 13.9. The van der Waals surface area contributed by atoms with Crippen LogP contribution >= 0.6 is 15.9 Å². The number of hydrogen-bond acceptors (Lipinski definition) is 4. The van der Waals surface area contributed by atoms with Gasteiger partial charge in [-0.3, -0.25) is 13.9 Å². The lowest BCUT2D eigenvalue weighted by atomic mass is 10.0. The summed E-state index contributed by atoms with van der Waals surface area (Å²) in [5.41, 5.74) is 2.11. The number of carbonyl (C=O) groups is 2. The summed E-state index contributed by atoms with van der Waals surface area (Å²) in [4.78, 5) is 27.8. The van der Waals surface area contributed by atoms with Crippen molar-refractivity contribution in [3.8, 4) is 0 Å². The van der Waals surface area contributed by atoms with Gasteiger partial charge in [0, 0.05) is 17.1 Å². The predicted octanol–water partition coefficient (Wildman–Crippen LogP) is 4.28. The standard InChI is InChI=1S/C25H34BrN3O4S/c1-17(2)22-12-7-8-13-23(22)29(34(6,32)33)16-24(30)28(19(5)25(31)27-18(3)4)15-20-10-9-11-21(26)14-20/h7-14,17-19H,15-16H2,1-6H3,(H,27,31)/t19-/m1/s1. The van der Waals surface area contributed by atoms with E-state index in [-0.39, 0.29) is 24.4 Å². The lowest BCUT2D eigenvalue weighted by Gasteiger charge is -2.32. The number of anilines is 1. The number of carbonyl (C=O) groups excluding carboxylic acids is 2. The number of halogens is 1. The molecule has 9 heteroatoms. The number of nitrogens with one attached hydrogen (secondary N) is 1. The third kappa shape index (κ3) is 7.56. The molecule has 0 aliphatic carbocycles. The van der Waals surface area contributed by atoms with Gasteiger partial charge in [0.2, 0.25) is 21.8 Å². The van der Waals surface area contributed by atoms with Crippen LogP contribution in [0.3, 0.4) is 0 Å². The summed E-state index contributed by atoms with van der Waals surface area (Å²) in [5, 5.41) is 2.84. The van der Waals surface area contributed by atoms with Crippen LogP contribution in [-0.4, -0.2) is 50.0 Å².